The summed E-state index contributed by atoms with van der Waals surface area (Å²) in [5.41, 5.74) is -0.155. The van der Waals surface area contributed by atoms with Crippen molar-refractivity contribution in [3.8, 4) is 0 Å². The summed E-state index contributed by atoms with van der Waals surface area (Å²) >= 11 is 0. The molecule has 0 aromatic rings. The van der Waals surface area contributed by atoms with Crippen molar-refractivity contribution in [2.45, 2.75) is 38.1 Å². The molecule has 12 heavy (non-hydrogen) atoms. The largest absolute Gasteiger partial charge is 0.301 e. The van der Waals surface area contributed by atoms with Crippen LogP contribution in [0.4, 0.5) is 0 Å². The minimum Gasteiger partial charge on any atom is -0.301 e. The number of carbonyl (C=O) groups excluding carboxylic acids is 1. The molecule has 0 radical (unpaired) electrons. The molecule has 1 aliphatic rings. The van der Waals surface area contributed by atoms with Gasteiger partial charge in [0.15, 0.2) is 0 Å². The van der Waals surface area contributed by atoms with Crippen molar-refractivity contribution < 1.29 is 4.79 Å². The summed E-state index contributed by atoms with van der Waals surface area (Å²) in [6.07, 6.45) is 5.68. The molecule has 0 saturated heterocycles. The first-order valence-electron chi connectivity index (χ1n) is 4.74. The van der Waals surface area contributed by atoms with E-state index in [2.05, 4.69) is 11.8 Å². The van der Waals surface area contributed by atoms with Crippen LogP contribution in [0, 0.1) is 5.92 Å². The maximum atomic E-state index is 11.0. The van der Waals surface area contributed by atoms with Crippen LogP contribution in [0.2, 0.25) is 0 Å². The van der Waals surface area contributed by atoms with Gasteiger partial charge in [0, 0.05) is 0 Å². The van der Waals surface area contributed by atoms with Gasteiger partial charge in [0.25, 0.3) is 0 Å². The van der Waals surface area contributed by atoms with Gasteiger partial charge in [-0.15, -0.1) is 0 Å². The third-order valence-corrected chi connectivity index (χ3v) is 3.12. The summed E-state index contributed by atoms with van der Waals surface area (Å²) in [7, 11) is 4.01. The van der Waals surface area contributed by atoms with E-state index in [1.165, 1.54) is 12.8 Å². The van der Waals surface area contributed by atoms with Crippen molar-refractivity contribution in [1.82, 2.24) is 4.90 Å². The topological polar surface area (TPSA) is 20.3 Å². The van der Waals surface area contributed by atoms with Crippen LogP contribution in [-0.4, -0.2) is 30.8 Å². The lowest BCUT2D eigenvalue weighted by Crippen LogP contribution is -2.48. The zero-order valence-corrected chi connectivity index (χ0v) is 8.34. The summed E-state index contributed by atoms with van der Waals surface area (Å²) < 4.78 is 0. The molecule has 0 heterocycles. The molecular formula is C10H19NO. The molecule has 0 N–H and O–H groups in total. The van der Waals surface area contributed by atoms with Crippen LogP contribution >= 0.6 is 0 Å². The Hall–Kier alpha value is -0.370. The lowest BCUT2D eigenvalue weighted by molar-refractivity contribution is -0.119. The van der Waals surface area contributed by atoms with Crippen LogP contribution in [0.25, 0.3) is 0 Å². The second-order valence-electron chi connectivity index (χ2n) is 4.32. The third kappa shape index (κ3) is 1.69. The molecule has 0 aliphatic heterocycles. The summed E-state index contributed by atoms with van der Waals surface area (Å²) in [5.74, 6) is 0.700. The Kier molecular flexibility index (Phi) is 2.89. The quantitative estimate of drug-likeness (QED) is 0.586. The average Bonchev–Trinajstić information content (AvgIpc) is 2.04. The highest BCUT2D eigenvalue weighted by Crippen LogP contribution is 2.33. The Balaban J connectivity index is 2.71. The highest BCUT2D eigenvalue weighted by Gasteiger charge is 2.36. The van der Waals surface area contributed by atoms with Crippen LogP contribution in [0.1, 0.15) is 32.6 Å². The normalized spacial score (nSPS) is 36.8. The standard InChI is InChI=1S/C10H19NO/c1-9-5-4-6-10(7-9,8-12)11(2)3/h8-9H,4-7H2,1-3H3. The molecule has 0 spiro atoms. The highest BCUT2D eigenvalue weighted by molar-refractivity contribution is 5.64. The van der Waals surface area contributed by atoms with Gasteiger partial charge in [0.1, 0.15) is 6.29 Å². The molecule has 0 aromatic heterocycles. The number of likely N-dealkylation sites (N-methyl/N-ethyl adjacent to an activating group) is 1. The van der Waals surface area contributed by atoms with E-state index in [-0.39, 0.29) is 5.54 Å². The lowest BCUT2D eigenvalue weighted by atomic mass is 9.76. The van der Waals surface area contributed by atoms with Crippen LogP contribution in [0.5, 0.6) is 0 Å². The Bertz CT molecular complexity index is 167. The van der Waals surface area contributed by atoms with Crippen molar-refractivity contribution in [3.05, 3.63) is 0 Å². The number of nitrogens with zero attached hydrogens (tertiary/aromatic N) is 1. The van der Waals surface area contributed by atoms with E-state index in [0.717, 1.165) is 19.1 Å². The third-order valence-electron chi connectivity index (χ3n) is 3.12. The highest BCUT2D eigenvalue weighted by atomic mass is 16.1. The molecule has 70 valence electrons. The summed E-state index contributed by atoms with van der Waals surface area (Å²) in [4.78, 5) is 13.1. The van der Waals surface area contributed by atoms with Crippen molar-refractivity contribution in [1.29, 1.82) is 0 Å². The maximum absolute atomic E-state index is 11.0. The van der Waals surface area contributed by atoms with Gasteiger partial charge in [0.2, 0.25) is 0 Å². The molecule has 1 saturated carbocycles. The van der Waals surface area contributed by atoms with Crippen molar-refractivity contribution in [3.63, 3.8) is 0 Å². The van der Waals surface area contributed by atoms with Crippen molar-refractivity contribution in [2.24, 2.45) is 5.92 Å². The number of hydrogen-bond donors (Lipinski definition) is 0. The first-order chi connectivity index (χ1) is 5.60. The molecule has 2 heteroatoms. The number of rotatable bonds is 2. The maximum Gasteiger partial charge on any atom is 0.140 e. The van der Waals surface area contributed by atoms with Gasteiger partial charge < -0.3 is 4.79 Å². The zero-order chi connectivity index (χ0) is 9.19. The first-order valence-corrected chi connectivity index (χ1v) is 4.74. The van der Waals surface area contributed by atoms with Gasteiger partial charge in [-0.25, -0.2) is 0 Å². The van der Waals surface area contributed by atoms with Crippen LogP contribution in [0.15, 0.2) is 0 Å². The van der Waals surface area contributed by atoms with Gasteiger partial charge in [-0.3, -0.25) is 4.90 Å². The minimum atomic E-state index is -0.155. The van der Waals surface area contributed by atoms with E-state index in [4.69, 9.17) is 0 Å². The van der Waals surface area contributed by atoms with Crippen molar-refractivity contribution in [2.75, 3.05) is 14.1 Å². The Labute approximate surface area is 74.9 Å². The molecule has 0 amide bonds. The number of carbonyl (C=O) groups is 1. The fourth-order valence-electron chi connectivity index (χ4n) is 2.18. The fraction of sp³-hybridized carbons (Fsp3) is 0.900. The molecule has 2 atom stereocenters. The molecule has 1 fully saturated rings. The second kappa shape index (κ2) is 3.56. The summed E-state index contributed by atoms with van der Waals surface area (Å²) in [6.45, 7) is 2.24. The van der Waals surface area contributed by atoms with E-state index in [1.807, 2.05) is 14.1 Å². The molecule has 0 bridgehead atoms. The van der Waals surface area contributed by atoms with E-state index >= 15 is 0 Å². The Morgan fingerprint density at radius 3 is 2.50 bits per heavy atom. The van der Waals surface area contributed by atoms with Crippen LogP contribution in [0.3, 0.4) is 0 Å². The predicted molar refractivity (Wildman–Crippen MR) is 50.1 cm³/mol. The van der Waals surface area contributed by atoms with Crippen molar-refractivity contribution >= 4 is 6.29 Å². The molecule has 1 rings (SSSR count). The van der Waals surface area contributed by atoms with Gasteiger partial charge in [-0.05, 0) is 32.9 Å². The van der Waals surface area contributed by atoms with Crippen LogP contribution in [-0.2, 0) is 4.79 Å². The van der Waals surface area contributed by atoms with Gasteiger partial charge in [-0.1, -0.05) is 19.8 Å². The predicted octanol–water partition coefficient (Wildman–Crippen LogP) is 1.70. The SMILES string of the molecule is CC1CCCC(C=O)(N(C)C)C1. The molecule has 2 nitrogen and oxygen atoms in total. The van der Waals surface area contributed by atoms with E-state index < -0.39 is 0 Å². The minimum absolute atomic E-state index is 0.155. The number of aldehydes is 1. The molecule has 1 aliphatic carbocycles. The van der Waals surface area contributed by atoms with E-state index in [1.54, 1.807) is 0 Å². The smallest absolute Gasteiger partial charge is 0.140 e. The lowest BCUT2D eigenvalue weighted by Gasteiger charge is -2.40. The molecular weight excluding hydrogens is 150 g/mol. The second-order valence-corrected chi connectivity index (χ2v) is 4.32. The van der Waals surface area contributed by atoms with Gasteiger partial charge in [-0.2, -0.15) is 0 Å². The fourth-order valence-corrected chi connectivity index (χ4v) is 2.18. The number of hydrogen-bond acceptors (Lipinski definition) is 2. The van der Waals surface area contributed by atoms with Gasteiger partial charge in [0.05, 0.1) is 5.54 Å². The Morgan fingerprint density at radius 1 is 1.50 bits per heavy atom. The van der Waals surface area contributed by atoms with Crippen LogP contribution < -0.4 is 0 Å². The average molecular weight is 169 g/mol. The summed E-state index contributed by atoms with van der Waals surface area (Å²) in [6, 6.07) is 0. The molecule has 2 unspecified atom stereocenters. The summed E-state index contributed by atoms with van der Waals surface area (Å²) in [5, 5.41) is 0. The van der Waals surface area contributed by atoms with E-state index in [0.29, 0.717) is 5.92 Å². The Morgan fingerprint density at radius 2 is 2.17 bits per heavy atom. The zero-order valence-electron chi connectivity index (χ0n) is 8.34. The first kappa shape index (κ1) is 9.72. The van der Waals surface area contributed by atoms with E-state index in [9.17, 15) is 4.79 Å². The van der Waals surface area contributed by atoms with Gasteiger partial charge >= 0.3 is 0 Å². The monoisotopic (exact) mass is 169 g/mol. The molecule has 0 aromatic carbocycles.